The molecule has 0 unspecified atom stereocenters. The first-order valence-electron chi connectivity index (χ1n) is 8.02. The Kier molecular flexibility index (Phi) is 3.21. The summed E-state index contributed by atoms with van der Waals surface area (Å²) in [5.74, 6) is 0.557. The third-order valence-electron chi connectivity index (χ3n) is 4.76. The van der Waals surface area contributed by atoms with Crippen LogP contribution in [0.15, 0.2) is 42.5 Å². The summed E-state index contributed by atoms with van der Waals surface area (Å²) in [6.07, 6.45) is 0.501. The third-order valence-corrected chi connectivity index (χ3v) is 4.76. The first-order chi connectivity index (χ1) is 11.9. The average Bonchev–Trinajstić information content (AvgIpc) is 2.55. The largest absolute Gasteiger partial charge is 0.467 e. The first kappa shape index (κ1) is 15.4. The molecule has 1 fully saturated rings. The molecular weight excluding hydrogens is 322 g/mol. The van der Waals surface area contributed by atoms with Crippen LogP contribution < -0.4 is 15.0 Å². The van der Waals surface area contributed by atoms with Crippen molar-refractivity contribution < 1.29 is 14.5 Å². The number of non-ortho nitro benzene ring substituents is 1. The Bertz CT molecular complexity index is 880. The summed E-state index contributed by atoms with van der Waals surface area (Å²) in [6.45, 7) is 3.85. The molecule has 25 heavy (non-hydrogen) atoms. The Hall–Kier alpha value is -3.09. The fraction of sp³-hybridized carbons (Fsp3) is 0.278. The topological polar surface area (TPSA) is 84.7 Å². The maximum atomic E-state index is 12.7. The minimum atomic E-state index is -0.856. The van der Waals surface area contributed by atoms with E-state index in [1.165, 1.54) is 12.1 Å². The van der Waals surface area contributed by atoms with Crippen molar-refractivity contribution in [2.24, 2.45) is 0 Å². The quantitative estimate of drug-likeness (QED) is 0.668. The number of urea groups is 1. The zero-order valence-corrected chi connectivity index (χ0v) is 13.9. The Labute approximate surface area is 144 Å². The van der Waals surface area contributed by atoms with Crippen molar-refractivity contribution >= 4 is 17.4 Å². The number of hydrogen-bond acceptors (Lipinski definition) is 4. The van der Waals surface area contributed by atoms with Crippen molar-refractivity contribution in [1.29, 1.82) is 0 Å². The highest BCUT2D eigenvalue weighted by atomic mass is 16.6. The molecule has 1 N–H and O–H groups in total. The molecule has 0 radical (unpaired) electrons. The summed E-state index contributed by atoms with van der Waals surface area (Å²) in [6, 6.07) is 11.6. The SMILES string of the molecule is Cc1ccc(N2C(=O)N[C@H]3C[C@]2(C)Oc2ccc([N+](=O)[O-])cc23)cc1. The van der Waals surface area contributed by atoms with Gasteiger partial charge in [0, 0.05) is 29.8 Å². The van der Waals surface area contributed by atoms with Crippen molar-refractivity contribution in [3.8, 4) is 5.75 Å². The lowest BCUT2D eigenvalue weighted by atomic mass is 9.90. The summed E-state index contributed by atoms with van der Waals surface area (Å²) in [5, 5.41) is 14.0. The van der Waals surface area contributed by atoms with E-state index < -0.39 is 10.6 Å². The molecule has 0 saturated carbocycles. The van der Waals surface area contributed by atoms with Gasteiger partial charge < -0.3 is 10.1 Å². The Morgan fingerprint density at radius 3 is 2.68 bits per heavy atom. The molecule has 2 amide bonds. The van der Waals surface area contributed by atoms with E-state index in [4.69, 9.17) is 4.74 Å². The summed E-state index contributed by atoms with van der Waals surface area (Å²) in [7, 11) is 0. The van der Waals surface area contributed by atoms with Gasteiger partial charge in [0.2, 0.25) is 0 Å². The molecule has 2 atom stereocenters. The second-order valence-corrected chi connectivity index (χ2v) is 6.63. The van der Waals surface area contributed by atoms with Gasteiger partial charge in [-0.3, -0.25) is 15.0 Å². The van der Waals surface area contributed by atoms with E-state index >= 15 is 0 Å². The zero-order valence-electron chi connectivity index (χ0n) is 13.9. The number of aryl methyl sites for hydroxylation is 1. The first-order valence-corrected chi connectivity index (χ1v) is 8.02. The molecule has 2 heterocycles. The lowest BCUT2D eigenvalue weighted by molar-refractivity contribution is -0.385. The molecule has 2 aromatic rings. The second-order valence-electron chi connectivity index (χ2n) is 6.63. The van der Waals surface area contributed by atoms with Crippen LogP contribution in [0.3, 0.4) is 0 Å². The van der Waals surface area contributed by atoms with Gasteiger partial charge in [-0.2, -0.15) is 0 Å². The number of fused-ring (bicyclic) bond motifs is 4. The minimum Gasteiger partial charge on any atom is -0.467 e. The fourth-order valence-corrected chi connectivity index (χ4v) is 3.56. The van der Waals surface area contributed by atoms with Crippen LogP contribution in [0, 0.1) is 17.0 Å². The number of benzene rings is 2. The highest BCUT2D eigenvalue weighted by Crippen LogP contribution is 2.46. The zero-order chi connectivity index (χ0) is 17.8. The Balaban J connectivity index is 1.77. The number of nitrogens with one attached hydrogen (secondary N) is 1. The van der Waals surface area contributed by atoms with Gasteiger partial charge in [0.15, 0.2) is 5.72 Å². The van der Waals surface area contributed by atoms with Crippen LogP contribution in [0.5, 0.6) is 5.75 Å². The van der Waals surface area contributed by atoms with E-state index in [1.807, 2.05) is 38.1 Å². The molecule has 2 aromatic carbocycles. The van der Waals surface area contributed by atoms with E-state index in [2.05, 4.69) is 5.32 Å². The number of rotatable bonds is 2. The van der Waals surface area contributed by atoms with Gasteiger partial charge in [-0.25, -0.2) is 4.79 Å². The van der Waals surface area contributed by atoms with E-state index in [1.54, 1.807) is 11.0 Å². The molecule has 1 saturated heterocycles. The molecule has 2 aliphatic heterocycles. The second kappa shape index (κ2) is 5.20. The van der Waals surface area contributed by atoms with E-state index in [-0.39, 0.29) is 17.8 Å². The number of ether oxygens (including phenoxy) is 1. The fourth-order valence-electron chi connectivity index (χ4n) is 3.56. The van der Waals surface area contributed by atoms with Crippen LogP contribution in [0.25, 0.3) is 0 Å². The third kappa shape index (κ3) is 2.39. The Morgan fingerprint density at radius 2 is 2.00 bits per heavy atom. The number of nitrogens with zero attached hydrogens (tertiary/aromatic N) is 2. The summed E-state index contributed by atoms with van der Waals surface area (Å²) < 4.78 is 6.14. The number of nitro benzene ring substituents is 1. The van der Waals surface area contributed by atoms with Gasteiger partial charge in [-0.1, -0.05) is 17.7 Å². The van der Waals surface area contributed by atoms with Crippen LogP contribution in [-0.2, 0) is 0 Å². The van der Waals surface area contributed by atoms with Crippen molar-refractivity contribution in [3.63, 3.8) is 0 Å². The summed E-state index contributed by atoms with van der Waals surface area (Å²) in [5.41, 5.74) is 1.62. The normalized spacial score (nSPS) is 24.2. The van der Waals surface area contributed by atoms with Crippen molar-refractivity contribution in [2.45, 2.75) is 32.0 Å². The summed E-state index contributed by atoms with van der Waals surface area (Å²) in [4.78, 5) is 24.9. The molecule has 7 heteroatoms. The molecule has 4 rings (SSSR count). The standard InChI is InChI=1S/C18H17N3O4/c1-11-3-5-12(6-4-11)20-17(22)19-15-10-18(20,2)25-16-8-7-13(21(23)24)9-14(15)16/h3-9,15H,10H2,1-2H3,(H,19,22)/t15-,18-/m0/s1. The lowest BCUT2D eigenvalue weighted by Gasteiger charge is -2.50. The molecule has 0 aromatic heterocycles. The molecule has 0 spiro atoms. The lowest BCUT2D eigenvalue weighted by Crippen LogP contribution is -2.65. The molecule has 2 aliphatic rings. The van der Waals surface area contributed by atoms with Crippen LogP contribution >= 0.6 is 0 Å². The number of carbonyl (C=O) groups is 1. The number of amides is 2. The van der Waals surface area contributed by atoms with E-state index in [0.29, 0.717) is 17.7 Å². The molecular formula is C18H17N3O4. The Morgan fingerprint density at radius 1 is 1.28 bits per heavy atom. The van der Waals surface area contributed by atoms with Crippen molar-refractivity contribution in [1.82, 2.24) is 5.32 Å². The van der Waals surface area contributed by atoms with Gasteiger partial charge in [-0.15, -0.1) is 0 Å². The predicted molar refractivity (Wildman–Crippen MR) is 91.7 cm³/mol. The highest BCUT2D eigenvalue weighted by Gasteiger charge is 2.50. The van der Waals surface area contributed by atoms with Crippen LogP contribution in [-0.4, -0.2) is 16.7 Å². The van der Waals surface area contributed by atoms with E-state index in [0.717, 1.165) is 11.3 Å². The van der Waals surface area contributed by atoms with Crippen molar-refractivity contribution in [3.05, 3.63) is 63.7 Å². The van der Waals surface area contributed by atoms with Gasteiger partial charge in [0.25, 0.3) is 5.69 Å². The molecule has 128 valence electrons. The maximum Gasteiger partial charge on any atom is 0.325 e. The van der Waals surface area contributed by atoms with Gasteiger partial charge in [0.05, 0.1) is 11.0 Å². The smallest absolute Gasteiger partial charge is 0.325 e. The molecule has 2 bridgehead atoms. The monoisotopic (exact) mass is 339 g/mol. The predicted octanol–water partition coefficient (Wildman–Crippen LogP) is 3.67. The number of anilines is 1. The molecule has 0 aliphatic carbocycles. The number of carbonyl (C=O) groups excluding carboxylic acids is 1. The summed E-state index contributed by atoms with van der Waals surface area (Å²) >= 11 is 0. The van der Waals surface area contributed by atoms with Crippen LogP contribution in [0.4, 0.5) is 16.2 Å². The molecule has 7 nitrogen and oxygen atoms in total. The van der Waals surface area contributed by atoms with Gasteiger partial charge >= 0.3 is 6.03 Å². The minimum absolute atomic E-state index is 0.0128. The maximum absolute atomic E-state index is 12.7. The van der Waals surface area contributed by atoms with Gasteiger partial charge in [0.1, 0.15) is 5.75 Å². The van der Waals surface area contributed by atoms with Gasteiger partial charge in [-0.05, 0) is 32.0 Å². The van der Waals surface area contributed by atoms with Crippen LogP contribution in [0.2, 0.25) is 0 Å². The number of hydrogen-bond donors (Lipinski definition) is 1. The average molecular weight is 339 g/mol. The van der Waals surface area contributed by atoms with E-state index in [9.17, 15) is 14.9 Å². The van der Waals surface area contributed by atoms with Crippen molar-refractivity contribution in [2.75, 3.05) is 4.90 Å². The van der Waals surface area contributed by atoms with Crippen LogP contribution in [0.1, 0.15) is 30.5 Å². The number of nitro groups is 1. The highest BCUT2D eigenvalue weighted by molar-refractivity contribution is 5.95.